The summed E-state index contributed by atoms with van der Waals surface area (Å²) in [6.07, 6.45) is 0. The summed E-state index contributed by atoms with van der Waals surface area (Å²) in [4.78, 5) is 13.2. The Hall–Kier alpha value is -1.82. The standard InChI is InChI=1S/C16H16O2S.C4H10N2/c1-11-8-9-15(12(2)10-11)19-16-7-5-4-6-14(16)18-13(3)17;1-2-6-4-3-5-1/h4-10H,1-3H3;5-6H,1-4H2. The zero-order valence-corrected chi connectivity index (χ0v) is 15.9. The molecule has 0 atom stereocenters. The Labute approximate surface area is 154 Å². The number of ether oxygens (including phenoxy) is 1. The molecular formula is C20H26N2O2S. The van der Waals surface area contributed by atoms with Crippen molar-refractivity contribution in [3.63, 3.8) is 0 Å². The second kappa shape index (κ2) is 10.2. The predicted molar refractivity (Wildman–Crippen MR) is 104 cm³/mol. The third-order valence-corrected chi connectivity index (χ3v) is 4.85. The van der Waals surface area contributed by atoms with Crippen LogP contribution >= 0.6 is 11.8 Å². The van der Waals surface area contributed by atoms with Gasteiger partial charge in [0.05, 0.1) is 4.90 Å². The minimum atomic E-state index is -0.298. The summed E-state index contributed by atoms with van der Waals surface area (Å²) in [6.45, 7) is 10.1. The van der Waals surface area contributed by atoms with E-state index in [4.69, 9.17) is 4.74 Å². The lowest BCUT2D eigenvalue weighted by molar-refractivity contribution is -0.132. The summed E-state index contributed by atoms with van der Waals surface area (Å²) in [7, 11) is 0. The van der Waals surface area contributed by atoms with Crippen LogP contribution in [0, 0.1) is 13.8 Å². The molecule has 1 aliphatic heterocycles. The van der Waals surface area contributed by atoms with E-state index in [-0.39, 0.29) is 5.97 Å². The van der Waals surface area contributed by atoms with Crippen LogP contribution < -0.4 is 15.4 Å². The van der Waals surface area contributed by atoms with E-state index in [1.807, 2.05) is 24.3 Å². The number of carbonyl (C=O) groups is 1. The van der Waals surface area contributed by atoms with Gasteiger partial charge in [0.25, 0.3) is 0 Å². The average Bonchev–Trinajstić information content (AvgIpc) is 2.60. The van der Waals surface area contributed by atoms with E-state index in [9.17, 15) is 4.79 Å². The predicted octanol–water partition coefficient (Wildman–Crippen LogP) is 3.56. The van der Waals surface area contributed by atoms with Crippen molar-refractivity contribution in [3.05, 3.63) is 53.6 Å². The number of carbonyl (C=O) groups excluding carboxylic acids is 1. The van der Waals surface area contributed by atoms with Gasteiger partial charge in [0.1, 0.15) is 5.75 Å². The molecule has 2 aromatic rings. The molecule has 0 bridgehead atoms. The van der Waals surface area contributed by atoms with E-state index >= 15 is 0 Å². The van der Waals surface area contributed by atoms with Gasteiger partial charge in [-0.25, -0.2) is 0 Å². The van der Waals surface area contributed by atoms with Gasteiger partial charge in [-0.1, -0.05) is 41.6 Å². The maximum absolute atomic E-state index is 11.1. The summed E-state index contributed by atoms with van der Waals surface area (Å²) in [6, 6.07) is 13.9. The molecule has 1 saturated heterocycles. The van der Waals surface area contributed by atoms with E-state index in [0.29, 0.717) is 5.75 Å². The van der Waals surface area contributed by atoms with Crippen LogP contribution in [0.15, 0.2) is 52.3 Å². The Kier molecular flexibility index (Phi) is 7.98. The van der Waals surface area contributed by atoms with Gasteiger partial charge in [0.2, 0.25) is 0 Å². The first-order chi connectivity index (χ1) is 12.1. The lowest BCUT2D eigenvalue weighted by atomic mass is 10.2. The summed E-state index contributed by atoms with van der Waals surface area (Å²) < 4.78 is 5.22. The van der Waals surface area contributed by atoms with Crippen LogP contribution in [0.25, 0.3) is 0 Å². The molecule has 2 aromatic carbocycles. The second-order valence-electron chi connectivity index (χ2n) is 5.91. The topological polar surface area (TPSA) is 50.4 Å². The molecule has 5 heteroatoms. The Bertz CT molecular complexity index is 688. The van der Waals surface area contributed by atoms with Gasteiger partial charge in [-0.3, -0.25) is 4.79 Å². The highest BCUT2D eigenvalue weighted by Gasteiger charge is 2.08. The summed E-state index contributed by atoms with van der Waals surface area (Å²) in [5, 5.41) is 6.44. The second-order valence-corrected chi connectivity index (χ2v) is 7.00. The maximum Gasteiger partial charge on any atom is 0.308 e. The summed E-state index contributed by atoms with van der Waals surface area (Å²) >= 11 is 1.61. The number of hydrogen-bond donors (Lipinski definition) is 2. The van der Waals surface area contributed by atoms with Gasteiger partial charge >= 0.3 is 5.97 Å². The minimum Gasteiger partial charge on any atom is -0.426 e. The van der Waals surface area contributed by atoms with Gasteiger partial charge in [0, 0.05) is 38.0 Å². The first-order valence-corrected chi connectivity index (χ1v) is 9.32. The van der Waals surface area contributed by atoms with Crippen LogP contribution in [0.2, 0.25) is 0 Å². The molecule has 25 heavy (non-hydrogen) atoms. The highest BCUT2D eigenvalue weighted by atomic mass is 32.2. The molecule has 0 unspecified atom stereocenters. The van der Waals surface area contributed by atoms with E-state index in [1.54, 1.807) is 11.8 Å². The first kappa shape index (κ1) is 19.5. The quantitative estimate of drug-likeness (QED) is 0.649. The number of nitrogens with one attached hydrogen (secondary N) is 2. The first-order valence-electron chi connectivity index (χ1n) is 8.50. The monoisotopic (exact) mass is 358 g/mol. The lowest BCUT2D eigenvalue weighted by Crippen LogP contribution is -2.39. The van der Waals surface area contributed by atoms with E-state index in [2.05, 4.69) is 42.7 Å². The largest absolute Gasteiger partial charge is 0.426 e. The molecule has 1 heterocycles. The fourth-order valence-electron chi connectivity index (χ4n) is 2.41. The van der Waals surface area contributed by atoms with Crippen LogP contribution in [0.1, 0.15) is 18.1 Å². The number of piperazine rings is 1. The maximum atomic E-state index is 11.1. The summed E-state index contributed by atoms with van der Waals surface area (Å²) in [5.74, 6) is 0.314. The van der Waals surface area contributed by atoms with Crippen LogP contribution in [-0.4, -0.2) is 32.1 Å². The van der Waals surface area contributed by atoms with E-state index in [0.717, 1.165) is 31.1 Å². The fraction of sp³-hybridized carbons (Fsp3) is 0.350. The molecule has 1 fully saturated rings. The minimum absolute atomic E-state index is 0.298. The molecule has 0 radical (unpaired) electrons. The molecule has 3 rings (SSSR count). The van der Waals surface area contributed by atoms with Gasteiger partial charge in [0.15, 0.2) is 0 Å². The van der Waals surface area contributed by atoms with Crippen molar-refractivity contribution < 1.29 is 9.53 Å². The molecule has 0 amide bonds. The Morgan fingerprint density at radius 2 is 1.60 bits per heavy atom. The van der Waals surface area contributed by atoms with Crippen molar-refractivity contribution in [1.29, 1.82) is 0 Å². The van der Waals surface area contributed by atoms with Crippen molar-refractivity contribution in [2.24, 2.45) is 0 Å². The number of rotatable bonds is 3. The number of hydrogen-bond acceptors (Lipinski definition) is 5. The van der Waals surface area contributed by atoms with Crippen LogP contribution in [0.5, 0.6) is 5.75 Å². The zero-order chi connectivity index (χ0) is 18.1. The molecule has 2 N–H and O–H groups in total. The lowest BCUT2D eigenvalue weighted by Gasteiger charge is -2.11. The molecule has 4 nitrogen and oxygen atoms in total. The fourth-order valence-corrected chi connectivity index (χ4v) is 3.36. The van der Waals surface area contributed by atoms with Crippen molar-refractivity contribution >= 4 is 17.7 Å². The number of benzene rings is 2. The zero-order valence-electron chi connectivity index (χ0n) is 15.1. The number of para-hydroxylation sites is 1. The van der Waals surface area contributed by atoms with Gasteiger partial charge in [-0.2, -0.15) is 0 Å². The number of esters is 1. The third-order valence-electron chi connectivity index (χ3n) is 3.61. The molecular weight excluding hydrogens is 332 g/mol. The third kappa shape index (κ3) is 6.90. The highest BCUT2D eigenvalue weighted by Crippen LogP contribution is 2.36. The average molecular weight is 359 g/mol. The molecule has 1 aliphatic rings. The molecule has 0 saturated carbocycles. The van der Waals surface area contributed by atoms with Crippen LogP contribution in [0.4, 0.5) is 0 Å². The van der Waals surface area contributed by atoms with Gasteiger partial charge in [-0.05, 0) is 37.6 Å². The Morgan fingerprint density at radius 1 is 0.960 bits per heavy atom. The number of aryl methyl sites for hydroxylation is 2. The van der Waals surface area contributed by atoms with Crippen LogP contribution in [-0.2, 0) is 4.79 Å². The van der Waals surface area contributed by atoms with Crippen molar-refractivity contribution in [2.75, 3.05) is 26.2 Å². The molecule has 0 aliphatic carbocycles. The molecule has 0 aromatic heterocycles. The van der Waals surface area contributed by atoms with Crippen molar-refractivity contribution in [3.8, 4) is 5.75 Å². The summed E-state index contributed by atoms with van der Waals surface area (Å²) in [5.41, 5.74) is 2.47. The Balaban J connectivity index is 0.000000316. The van der Waals surface area contributed by atoms with Gasteiger partial charge in [-0.15, -0.1) is 0 Å². The van der Waals surface area contributed by atoms with Gasteiger partial charge < -0.3 is 15.4 Å². The Morgan fingerprint density at radius 3 is 2.16 bits per heavy atom. The van der Waals surface area contributed by atoms with E-state index in [1.165, 1.54) is 22.9 Å². The SMILES string of the molecule is C1CNCCN1.CC(=O)Oc1ccccc1Sc1ccc(C)cc1C. The smallest absolute Gasteiger partial charge is 0.308 e. The van der Waals surface area contributed by atoms with Crippen molar-refractivity contribution in [2.45, 2.75) is 30.6 Å². The van der Waals surface area contributed by atoms with Crippen LogP contribution in [0.3, 0.4) is 0 Å². The normalized spacial score (nSPS) is 13.6. The molecule has 0 spiro atoms. The molecule has 134 valence electrons. The highest BCUT2D eigenvalue weighted by molar-refractivity contribution is 7.99. The van der Waals surface area contributed by atoms with E-state index < -0.39 is 0 Å². The van der Waals surface area contributed by atoms with Crippen molar-refractivity contribution in [1.82, 2.24) is 10.6 Å².